The van der Waals surface area contributed by atoms with E-state index < -0.39 is 8.07 Å². The second-order valence-electron chi connectivity index (χ2n) is 6.02. The molecule has 0 spiro atoms. The van der Waals surface area contributed by atoms with E-state index in [-0.39, 0.29) is 12.6 Å². The molecule has 23 heavy (non-hydrogen) atoms. The summed E-state index contributed by atoms with van der Waals surface area (Å²) >= 11 is 0. The number of esters is 1. The van der Waals surface area contributed by atoms with Gasteiger partial charge in [0.25, 0.3) is 0 Å². The van der Waals surface area contributed by atoms with Gasteiger partial charge in [-0.3, -0.25) is 4.79 Å². The number of hydrogen-bond acceptors (Lipinski definition) is 3. The Balaban J connectivity index is 2.38. The van der Waals surface area contributed by atoms with Gasteiger partial charge >= 0.3 is 5.97 Å². The number of carbonyl (C=O) groups excluding carboxylic acids is 1. The highest BCUT2D eigenvalue weighted by molar-refractivity contribution is 7.01. The van der Waals surface area contributed by atoms with Crippen LogP contribution < -0.4 is 10.4 Å². The van der Waals surface area contributed by atoms with E-state index in [0.717, 1.165) is 17.2 Å². The van der Waals surface area contributed by atoms with Crippen LogP contribution in [0.15, 0.2) is 48.5 Å². The highest BCUT2D eigenvalue weighted by Gasteiger charge is 2.30. The van der Waals surface area contributed by atoms with Crippen LogP contribution in [-0.4, -0.2) is 19.1 Å². The number of aliphatic hydroxyl groups excluding tert-OH is 1. The summed E-state index contributed by atoms with van der Waals surface area (Å²) in [5, 5.41) is 12.0. The van der Waals surface area contributed by atoms with Gasteiger partial charge in [0.1, 0.15) is 14.7 Å². The van der Waals surface area contributed by atoms with Crippen LogP contribution in [0, 0.1) is 0 Å². The zero-order valence-corrected chi connectivity index (χ0v) is 15.0. The minimum atomic E-state index is -1.86. The van der Waals surface area contributed by atoms with Gasteiger partial charge in [-0.05, 0) is 11.1 Å². The molecule has 1 atom stereocenters. The van der Waals surface area contributed by atoms with E-state index in [0.29, 0.717) is 6.61 Å². The van der Waals surface area contributed by atoms with Crippen molar-refractivity contribution >= 4 is 24.4 Å². The molecule has 0 radical (unpaired) electrons. The predicted molar refractivity (Wildman–Crippen MR) is 95.6 cm³/mol. The van der Waals surface area contributed by atoms with Gasteiger partial charge in [0.05, 0.1) is 6.61 Å². The number of benzene rings is 2. The van der Waals surface area contributed by atoms with Crippen molar-refractivity contribution in [2.24, 2.45) is 0 Å². The molecule has 0 aromatic heterocycles. The lowest BCUT2D eigenvalue weighted by atomic mass is 10.2. The van der Waals surface area contributed by atoms with Crippen LogP contribution in [0.4, 0.5) is 0 Å². The van der Waals surface area contributed by atoms with Crippen LogP contribution in [0.5, 0.6) is 0 Å². The first-order valence-corrected chi connectivity index (χ1v) is 10.6. The first kappa shape index (κ1) is 17.4. The van der Waals surface area contributed by atoms with Crippen LogP contribution in [0.1, 0.15) is 25.0 Å². The van der Waals surface area contributed by atoms with Crippen LogP contribution in [0.2, 0.25) is 12.6 Å². The van der Waals surface area contributed by atoms with Gasteiger partial charge < -0.3 is 9.84 Å². The SMILES string of the molecule is CC[Si@@](C)(c1cccc(CO)c1)c1cccc(COC(C)=O)c1. The maximum Gasteiger partial charge on any atom is 0.302 e. The van der Waals surface area contributed by atoms with Crippen molar-refractivity contribution in [1.29, 1.82) is 0 Å². The quantitative estimate of drug-likeness (QED) is 0.654. The molecule has 0 saturated heterocycles. The molecule has 1 N–H and O–H groups in total. The molecule has 0 aliphatic rings. The Morgan fingerprint density at radius 1 is 1.09 bits per heavy atom. The van der Waals surface area contributed by atoms with E-state index in [1.807, 2.05) is 24.3 Å². The van der Waals surface area contributed by atoms with Gasteiger partial charge in [-0.25, -0.2) is 0 Å². The van der Waals surface area contributed by atoms with Crippen molar-refractivity contribution in [2.75, 3.05) is 0 Å². The second kappa shape index (κ2) is 7.57. The summed E-state index contributed by atoms with van der Waals surface area (Å²) in [6.07, 6.45) is 0. The Morgan fingerprint density at radius 3 is 2.17 bits per heavy atom. The Morgan fingerprint density at radius 2 is 1.65 bits per heavy atom. The van der Waals surface area contributed by atoms with Crippen molar-refractivity contribution in [3.8, 4) is 0 Å². The fourth-order valence-corrected chi connectivity index (χ4v) is 5.86. The van der Waals surface area contributed by atoms with Gasteiger partial charge in [-0.1, -0.05) is 78.4 Å². The summed E-state index contributed by atoms with van der Waals surface area (Å²) in [6.45, 7) is 6.36. The van der Waals surface area contributed by atoms with E-state index in [4.69, 9.17) is 4.74 Å². The van der Waals surface area contributed by atoms with E-state index in [1.165, 1.54) is 17.3 Å². The Hall–Kier alpha value is -1.91. The second-order valence-corrected chi connectivity index (χ2v) is 10.6. The molecule has 3 nitrogen and oxygen atoms in total. The smallest absolute Gasteiger partial charge is 0.302 e. The number of ether oxygens (including phenoxy) is 1. The Kier molecular flexibility index (Phi) is 5.74. The van der Waals surface area contributed by atoms with Crippen molar-refractivity contribution < 1.29 is 14.6 Å². The first-order chi connectivity index (χ1) is 11.0. The van der Waals surface area contributed by atoms with E-state index in [1.54, 1.807) is 0 Å². The van der Waals surface area contributed by atoms with E-state index in [2.05, 4.69) is 37.7 Å². The van der Waals surface area contributed by atoms with Gasteiger partial charge in [-0.15, -0.1) is 0 Å². The molecule has 0 aliphatic heterocycles. The molecular formula is C19H24O3Si. The standard InChI is InChI=1S/C19H24O3Si/c1-4-23(3,18-9-5-7-16(11-18)13-20)19-10-6-8-17(12-19)14-22-15(2)21/h5-12,20H,4,13-14H2,1-3H3/t23-/m0/s1. The summed E-state index contributed by atoms with van der Waals surface area (Å²) < 4.78 is 5.11. The summed E-state index contributed by atoms with van der Waals surface area (Å²) in [5.41, 5.74) is 1.97. The van der Waals surface area contributed by atoms with Crippen LogP contribution in [0.25, 0.3) is 0 Å². The monoisotopic (exact) mass is 328 g/mol. The van der Waals surface area contributed by atoms with Crippen molar-refractivity contribution in [1.82, 2.24) is 0 Å². The fourth-order valence-electron chi connectivity index (χ4n) is 2.78. The third kappa shape index (κ3) is 4.09. The molecule has 0 fully saturated rings. The maximum absolute atomic E-state index is 11.0. The molecule has 0 heterocycles. The largest absolute Gasteiger partial charge is 0.461 e. The number of hydrogen-bond donors (Lipinski definition) is 1. The van der Waals surface area contributed by atoms with Gasteiger partial charge in [0, 0.05) is 6.92 Å². The van der Waals surface area contributed by atoms with Crippen LogP contribution in [-0.2, 0) is 22.7 Å². The summed E-state index contributed by atoms with van der Waals surface area (Å²) in [5.74, 6) is -0.262. The third-order valence-corrected chi connectivity index (χ3v) is 9.04. The molecular weight excluding hydrogens is 304 g/mol. The first-order valence-electron chi connectivity index (χ1n) is 7.92. The van der Waals surface area contributed by atoms with Gasteiger partial charge in [0.15, 0.2) is 0 Å². The van der Waals surface area contributed by atoms with Crippen molar-refractivity contribution in [3.63, 3.8) is 0 Å². The lowest BCUT2D eigenvalue weighted by Gasteiger charge is -2.28. The predicted octanol–water partition coefficient (Wildman–Crippen LogP) is 2.45. The highest BCUT2D eigenvalue weighted by atomic mass is 28.3. The molecule has 2 rings (SSSR count). The van der Waals surface area contributed by atoms with Crippen molar-refractivity contribution in [2.45, 2.75) is 39.7 Å². The fraction of sp³-hybridized carbons (Fsp3) is 0.316. The summed E-state index contributed by atoms with van der Waals surface area (Å²) in [6, 6.07) is 17.7. The van der Waals surface area contributed by atoms with E-state index in [9.17, 15) is 9.90 Å². The lowest BCUT2D eigenvalue weighted by molar-refractivity contribution is -0.142. The molecule has 0 saturated carbocycles. The molecule has 0 amide bonds. The molecule has 2 aromatic rings. The summed E-state index contributed by atoms with van der Waals surface area (Å²) in [7, 11) is -1.86. The highest BCUT2D eigenvalue weighted by Crippen LogP contribution is 2.13. The molecule has 122 valence electrons. The van der Waals surface area contributed by atoms with Crippen LogP contribution >= 0.6 is 0 Å². The number of rotatable bonds is 6. The van der Waals surface area contributed by atoms with Crippen molar-refractivity contribution in [3.05, 3.63) is 59.7 Å². The average Bonchev–Trinajstić information content (AvgIpc) is 2.59. The molecule has 0 unspecified atom stereocenters. The third-order valence-electron chi connectivity index (χ3n) is 4.46. The minimum absolute atomic E-state index is 0.0640. The number of carbonyl (C=O) groups is 1. The zero-order chi connectivity index (χ0) is 16.9. The molecule has 0 bridgehead atoms. The summed E-state index contributed by atoms with van der Waals surface area (Å²) in [4.78, 5) is 11.0. The number of aliphatic hydroxyl groups is 1. The van der Waals surface area contributed by atoms with Gasteiger partial charge in [-0.2, -0.15) is 0 Å². The Labute approximate surface area is 138 Å². The topological polar surface area (TPSA) is 46.5 Å². The molecule has 2 aromatic carbocycles. The lowest BCUT2D eigenvalue weighted by Crippen LogP contribution is -2.55. The minimum Gasteiger partial charge on any atom is -0.461 e. The normalized spacial score (nSPS) is 13.4. The molecule has 4 heteroatoms. The van der Waals surface area contributed by atoms with E-state index >= 15 is 0 Å². The Bertz CT molecular complexity index is 684. The maximum atomic E-state index is 11.0. The average molecular weight is 328 g/mol. The molecule has 0 aliphatic carbocycles. The van der Waals surface area contributed by atoms with Crippen LogP contribution in [0.3, 0.4) is 0 Å². The van der Waals surface area contributed by atoms with Gasteiger partial charge in [0.2, 0.25) is 0 Å². The zero-order valence-electron chi connectivity index (χ0n) is 14.0.